The molecule has 0 saturated carbocycles. The van der Waals surface area contributed by atoms with Crippen LogP contribution in [0.5, 0.6) is 0 Å². The van der Waals surface area contributed by atoms with E-state index in [1.165, 1.54) is 34.4 Å². The van der Waals surface area contributed by atoms with Gasteiger partial charge in [0.25, 0.3) is 0 Å². The van der Waals surface area contributed by atoms with E-state index in [2.05, 4.69) is 42.2 Å². The molecule has 0 aliphatic carbocycles. The zero-order chi connectivity index (χ0) is 30.0. The molecule has 5 N–H and O–H groups in total. The summed E-state index contributed by atoms with van der Waals surface area (Å²) in [5.41, 5.74) is 12.6. The highest BCUT2D eigenvalue weighted by atomic mass is 32.7. The van der Waals surface area contributed by atoms with E-state index in [9.17, 15) is 14.2 Å². The van der Waals surface area contributed by atoms with Crippen molar-refractivity contribution in [3.8, 4) is 0 Å². The predicted octanol–water partition coefficient (Wildman–Crippen LogP) is 0.569. The van der Waals surface area contributed by atoms with Crippen LogP contribution in [0.2, 0.25) is 0 Å². The highest BCUT2D eigenvalue weighted by Gasteiger charge is 2.52. The first-order valence-electron chi connectivity index (χ1n) is 12.6. The van der Waals surface area contributed by atoms with Crippen LogP contribution < -0.4 is 11.5 Å². The van der Waals surface area contributed by atoms with Crippen LogP contribution in [0.25, 0.3) is 22.3 Å². The Bertz CT molecular complexity index is 1770. The number of nitrogens with zero attached hydrogens (tertiary/aromatic N) is 8. The van der Waals surface area contributed by atoms with E-state index in [1.54, 1.807) is 0 Å². The van der Waals surface area contributed by atoms with Crippen molar-refractivity contribution in [1.29, 1.82) is 0 Å². The molecule has 230 valence electrons. The van der Waals surface area contributed by atoms with Gasteiger partial charge in [-0.1, -0.05) is 12.2 Å². The first-order chi connectivity index (χ1) is 20.6. The minimum absolute atomic E-state index is 0.0781. The number of thiol groups is 1. The first kappa shape index (κ1) is 28.9. The van der Waals surface area contributed by atoms with E-state index >= 15 is 4.39 Å². The molecule has 0 aromatic carbocycles. The lowest BCUT2D eigenvalue weighted by molar-refractivity contribution is -0.0567. The topological polar surface area (TPSA) is 249 Å². The van der Waals surface area contributed by atoms with Crippen LogP contribution >= 0.6 is 27.3 Å². The molecule has 19 nitrogen and oxygen atoms in total. The number of imidazole rings is 2. The Kier molecular flexibility index (Phi) is 7.36. The number of hydrogen-bond acceptors (Lipinski definition) is 17. The fraction of sp³-hybridized carbons (Fsp3) is 0.500. The molecular formula is C20H23FN10O9P2S. The lowest BCUT2D eigenvalue weighted by Crippen LogP contribution is -2.35. The van der Waals surface area contributed by atoms with Crippen molar-refractivity contribution in [2.75, 3.05) is 24.7 Å². The highest BCUT2D eigenvalue weighted by molar-refractivity contribution is 8.44. The third-order valence-electron chi connectivity index (χ3n) is 7.15. The Morgan fingerprint density at radius 3 is 2.19 bits per heavy atom. The van der Waals surface area contributed by atoms with Gasteiger partial charge in [-0.05, 0) is 0 Å². The predicted molar refractivity (Wildman–Crippen MR) is 145 cm³/mol. The van der Waals surface area contributed by atoms with E-state index in [4.69, 9.17) is 39.0 Å². The average Bonchev–Trinajstić information content (AvgIpc) is 3.73. The molecule has 2 bridgehead atoms. The van der Waals surface area contributed by atoms with Gasteiger partial charge in [-0.15, -0.1) is 0 Å². The fourth-order valence-corrected chi connectivity index (χ4v) is 7.48. The van der Waals surface area contributed by atoms with Crippen LogP contribution in [0.3, 0.4) is 0 Å². The second-order valence-electron chi connectivity index (χ2n) is 9.71. The van der Waals surface area contributed by atoms with Crippen LogP contribution in [0.15, 0.2) is 25.3 Å². The van der Waals surface area contributed by atoms with E-state index < -0.39 is 77.4 Å². The van der Waals surface area contributed by atoms with Crippen molar-refractivity contribution < 1.29 is 46.2 Å². The summed E-state index contributed by atoms with van der Waals surface area (Å²) in [5, 5.41) is 11.2. The number of alkyl halides is 1. The standard InChI is InChI=1S/C20H23FN10O9P2S/c21-9-7-2-36-42(34,43)40-13-8(38-19(12(13)32)30-5-28-10-15(22)24-3-26-17(10)30)1-35-41(33)39-14(9)20(37-7)31-6-29-11-16(23)25-4-27-18(11)31/h3-9,12-14,19-20,32,41H,1-2H2,(H,34,43)(H2,22,24,26)(H2,23,25,27)/t7-,8-,9-,12-,13-,14-,19-,20-,42?/m1/s1. The number of fused-ring (bicyclic) bond motifs is 5. The van der Waals surface area contributed by atoms with E-state index in [-0.39, 0.29) is 34.0 Å². The number of aromatic nitrogens is 8. The monoisotopic (exact) mass is 660 g/mol. The van der Waals surface area contributed by atoms with Gasteiger partial charge >= 0.3 is 15.1 Å². The summed E-state index contributed by atoms with van der Waals surface area (Å²) in [5.74, 6) is 0.178. The van der Waals surface area contributed by atoms with Gasteiger partial charge in [0, 0.05) is 0 Å². The van der Waals surface area contributed by atoms with Crippen molar-refractivity contribution in [1.82, 2.24) is 39.0 Å². The lowest BCUT2D eigenvalue weighted by atomic mass is 10.1. The van der Waals surface area contributed by atoms with Gasteiger partial charge in [-0.25, -0.2) is 38.9 Å². The maximum atomic E-state index is 15.7. The molecule has 7 rings (SSSR count). The van der Waals surface area contributed by atoms with Gasteiger partial charge in [0.05, 0.1) is 25.9 Å². The zero-order valence-electron chi connectivity index (χ0n) is 21.6. The van der Waals surface area contributed by atoms with Crippen molar-refractivity contribution in [3.63, 3.8) is 0 Å². The first-order valence-corrected chi connectivity index (χ1v) is 16.5. The van der Waals surface area contributed by atoms with Gasteiger partial charge in [-0.3, -0.25) is 27.3 Å². The van der Waals surface area contributed by atoms with Gasteiger partial charge in [-0.2, -0.15) is 0 Å². The number of hydrogen-bond donors (Lipinski definition) is 4. The lowest BCUT2D eigenvalue weighted by Gasteiger charge is -2.25. The van der Waals surface area contributed by atoms with Gasteiger partial charge < -0.3 is 30.6 Å². The summed E-state index contributed by atoms with van der Waals surface area (Å²) in [6.07, 6.45) is -6.34. The molecule has 0 radical (unpaired) electrons. The Hall–Kier alpha value is -2.84. The summed E-state index contributed by atoms with van der Waals surface area (Å²) in [7, 11) is -3.44. The molecule has 3 fully saturated rings. The summed E-state index contributed by atoms with van der Waals surface area (Å²) in [6, 6.07) is 0. The summed E-state index contributed by atoms with van der Waals surface area (Å²) in [4.78, 5) is 24.3. The molecule has 3 aliphatic rings. The van der Waals surface area contributed by atoms with Gasteiger partial charge in [0.1, 0.15) is 54.2 Å². The van der Waals surface area contributed by atoms with Crippen molar-refractivity contribution in [3.05, 3.63) is 25.3 Å². The smallest absolute Gasteiger partial charge is 0.386 e. The molecular weight excluding hydrogens is 637 g/mol. The van der Waals surface area contributed by atoms with Crippen molar-refractivity contribution in [2.24, 2.45) is 0 Å². The normalized spacial score (nSPS) is 37.1. The van der Waals surface area contributed by atoms with E-state index in [0.29, 0.717) is 0 Å². The van der Waals surface area contributed by atoms with Crippen LogP contribution in [0.4, 0.5) is 16.0 Å². The van der Waals surface area contributed by atoms with Crippen molar-refractivity contribution in [2.45, 2.75) is 49.1 Å². The molecule has 2 unspecified atom stereocenters. The number of rotatable bonds is 2. The number of nitrogen functional groups attached to an aromatic ring is 2. The minimum atomic E-state index is -4.30. The van der Waals surface area contributed by atoms with E-state index in [0.717, 1.165) is 0 Å². The minimum Gasteiger partial charge on any atom is -0.386 e. The third-order valence-corrected chi connectivity index (χ3v) is 9.63. The molecule has 3 aliphatic heterocycles. The number of aliphatic hydroxyl groups excluding tert-OH is 1. The molecule has 3 saturated heterocycles. The molecule has 4 aromatic heterocycles. The second-order valence-corrected chi connectivity index (χ2v) is 13.6. The van der Waals surface area contributed by atoms with Crippen molar-refractivity contribution >= 4 is 61.3 Å². The Labute approximate surface area is 245 Å². The molecule has 7 heterocycles. The number of anilines is 2. The van der Waals surface area contributed by atoms with Crippen LogP contribution in [0.1, 0.15) is 12.5 Å². The zero-order valence-corrected chi connectivity index (χ0v) is 24.3. The van der Waals surface area contributed by atoms with Gasteiger partial charge in [0.2, 0.25) is 0 Å². The summed E-state index contributed by atoms with van der Waals surface area (Å²) >= 11 is 4.02. The van der Waals surface area contributed by atoms with Crippen LogP contribution in [-0.2, 0) is 36.7 Å². The number of ether oxygens (including phenoxy) is 2. The van der Waals surface area contributed by atoms with Gasteiger partial charge in [0.15, 0.2) is 41.6 Å². The highest BCUT2D eigenvalue weighted by Crippen LogP contribution is 2.57. The molecule has 43 heavy (non-hydrogen) atoms. The van der Waals surface area contributed by atoms with Crippen LogP contribution in [0, 0.1) is 0 Å². The molecule has 23 heteroatoms. The summed E-state index contributed by atoms with van der Waals surface area (Å²) in [6.45, 7) is -5.42. The molecule has 0 amide bonds. The third kappa shape index (κ3) is 5.08. The maximum absolute atomic E-state index is 15.7. The Morgan fingerprint density at radius 2 is 1.53 bits per heavy atom. The molecule has 4 aromatic rings. The Morgan fingerprint density at radius 1 is 0.930 bits per heavy atom. The molecule has 0 spiro atoms. The number of nitrogens with two attached hydrogens (primary N) is 2. The average molecular weight is 660 g/mol. The quantitative estimate of drug-likeness (QED) is 0.169. The number of aliphatic hydroxyl groups is 1. The van der Waals surface area contributed by atoms with E-state index in [1.807, 2.05) is 0 Å². The SMILES string of the molecule is Nc1ncnc2c1ncn2[C@@H]1O[C@@H]2CO[PH](=O)O[C@@H]3[C@H](F)[C@@H](COP(=O)(S)O[C@H]2[C@H]1O)O[C@H]3n1cnc2c(N)ncnc21. The number of halogens is 1. The Balaban J connectivity index is 1.18. The maximum Gasteiger partial charge on any atom is 0.386 e. The van der Waals surface area contributed by atoms with Crippen LogP contribution in [-0.4, -0.2) is 94.0 Å². The fourth-order valence-electron chi connectivity index (χ4n) is 5.15. The summed E-state index contributed by atoms with van der Waals surface area (Å²) < 4.78 is 78.4. The second kappa shape index (κ2) is 11.0. The molecule has 10 atom stereocenters. The largest absolute Gasteiger partial charge is 0.386 e.